The topological polar surface area (TPSA) is 64.8 Å². The molecule has 0 spiro atoms. The van der Waals surface area contributed by atoms with Crippen molar-refractivity contribution in [3.8, 4) is 0 Å². The van der Waals surface area contributed by atoms with Crippen LogP contribution in [0.5, 0.6) is 0 Å². The molecule has 0 radical (unpaired) electrons. The lowest BCUT2D eigenvalue weighted by Gasteiger charge is -2.23. The van der Waals surface area contributed by atoms with E-state index >= 15 is 0 Å². The van der Waals surface area contributed by atoms with Crippen molar-refractivity contribution < 1.29 is 5.21 Å². The zero-order valence-corrected chi connectivity index (χ0v) is 10.1. The first kappa shape index (κ1) is 14.8. The highest BCUT2D eigenvalue weighted by atomic mass is 16.4. The molecule has 15 heavy (non-hydrogen) atoms. The molecule has 1 aliphatic heterocycles. The molecule has 5 heteroatoms. The van der Waals surface area contributed by atoms with Crippen LogP contribution in [0.15, 0.2) is 0 Å². The van der Waals surface area contributed by atoms with Crippen LogP contribution in [0.2, 0.25) is 0 Å². The average molecular weight is 218 g/mol. The van der Waals surface area contributed by atoms with Crippen LogP contribution in [0.25, 0.3) is 0 Å². The Hall–Kier alpha value is -0.200. The van der Waals surface area contributed by atoms with Gasteiger partial charge in [-0.25, -0.2) is 5.90 Å². The normalized spacial score (nSPS) is 20.8. The van der Waals surface area contributed by atoms with Gasteiger partial charge in [0.1, 0.15) is 0 Å². The van der Waals surface area contributed by atoms with Crippen LogP contribution in [0.3, 0.4) is 0 Å². The van der Waals surface area contributed by atoms with Gasteiger partial charge in [0.2, 0.25) is 0 Å². The standard InChI is InChI=1S/C10H23N3.H3NO/c1-3-12-7-5-11-6-8-13(4-2)10-9-12;1-2/h11H,3-10H2,1-2H3;2H,1H2. The van der Waals surface area contributed by atoms with E-state index in [-0.39, 0.29) is 0 Å². The van der Waals surface area contributed by atoms with Gasteiger partial charge in [0, 0.05) is 39.3 Å². The number of nitrogens with two attached hydrogens (primary N) is 1. The molecule has 1 aliphatic rings. The summed E-state index contributed by atoms with van der Waals surface area (Å²) in [5, 5.41) is 9.97. The molecule has 0 aromatic carbocycles. The third-order valence-corrected chi connectivity index (χ3v) is 2.84. The van der Waals surface area contributed by atoms with Gasteiger partial charge in [0.15, 0.2) is 0 Å². The quantitative estimate of drug-likeness (QED) is 0.549. The van der Waals surface area contributed by atoms with Crippen molar-refractivity contribution in [3.05, 3.63) is 0 Å². The first-order chi connectivity index (χ1) is 7.36. The minimum atomic E-state index is 1.14. The van der Waals surface area contributed by atoms with Crippen molar-refractivity contribution in [2.75, 3.05) is 52.4 Å². The summed E-state index contributed by atoms with van der Waals surface area (Å²) in [6.45, 7) is 14.0. The fourth-order valence-electron chi connectivity index (χ4n) is 1.74. The zero-order chi connectivity index (χ0) is 11.5. The Balaban J connectivity index is 0.000000921. The molecule has 0 aromatic heterocycles. The molecule has 0 saturated carbocycles. The van der Waals surface area contributed by atoms with E-state index in [4.69, 9.17) is 5.21 Å². The molecule has 92 valence electrons. The van der Waals surface area contributed by atoms with E-state index in [0.717, 1.165) is 13.1 Å². The summed E-state index contributed by atoms with van der Waals surface area (Å²) in [5.74, 6) is 3.50. The molecule has 1 heterocycles. The maximum absolute atomic E-state index is 6.50. The first-order valence-corrected chi connectivity index (χ1v) is 5.78. The third kappa shape index (κ3) is 6.81. The maximum atomic E-state index is 6.50. The monoisotopic (exact) mass is 218 g/mol. The van der Waals surface area contributed by atoms with E-state index in [0.29, 0.717) is 0 Å². The van der Waals surface area contributed by atoms with Crippen LogP contribution in [0, 0.1) is 0 Å². The predicted molar refractivity (Wildman–Crippen MR) is 63.1 cm³/mol. The van der Waals surface area contributed by atoms with Crippen molar-refractivity contribution in [3.63, 3.8) is 0 Å². The van der Waals surface area contributed by atoms with Crippen LogP contribution < -0.4 is 11.2 Å². The summed E-state index contributed by atoms with van der Waals surface area (Å²) in [6.07, 6.45) is 0. The van der Waals surface area contributed by atoms with E-state index < -0.39 is 0 Å². The van der Waals surface area contributed by atoms with E-state index in [1.165, 1.54) is 39.3 Å². The SMILES string of the molecule is CCN1CCNCCN(CC)CC1.NO. The number of nitrogens with zero attached hydrogens (tertiary/aromatic N) is 2. The Morgan fingerprint density at radius 3 is 1.67 bits per heavy atom. The average Bonchev–Trinajstić information content (AvgIpc) is 2.42. The molecule has 0 unspecified atom stereocenters. The number of nitrogens with one attached hydrogen (secondary N) is 1. The van der Waals surface area contributed by atoms with Gasteiger partial charge in [-0.15, -0.1) is 0 Å². The molecule has 4 N–H and O–H groups in total. The zero-order valence-electron chi connectivity index (χ0n) is 10.1. The van der Waals surface area contributed by atoms with Crippen LogP contribution in [0.4, 0.5) is 0 Å². The van der Waals surface area contributed by atoms with E-state index in [2.05, 4.69) is 34.9 Å². The summed E-state index contributed by atoms with van der Waals surface area (Å²) >= 11 is 0. The van der Waals surface area contributed by atoms with Crippen molar-refractivity contribution in [2.24, 2.45) is 5.90 Å². The molecule has 1 fully saturated rings. The molecule has 0 aromatic rings. The Bertz CT molecular complexity index is 121. The fraction of sp³-hybridized carbons (Fsp3) is 1.00. The molecule has 0 amide bonds. The van der Waals surface area contributed by atoms with Gasteiger partial charge in [-0.05, 0) is 13.1 Å². The molecular weight excluding hydrogens is 192 g/mol. The lowest BCUT2D eigenvalue weighted by Crippen LogP contribution is -2.35. The Labute approximate surface area is 93.2 Å². The Morgan fingerprint density at radius 1 is 0.933 bits per heavy atom. The second-order valence-electron chi connectivity index (χ2n) is 3.62. The van der Waals surface area contributed by atoms with Gasteiger partial charge in [-0.1, -0.05) is 13.8 Å². The number of hydrogen-bond acceptors (Lipinski definition) is 5. The minimum Gasteiger partial charge on any atom is -0.320 e. The maximum Gasteiger partial charge on any atom is 0.0110 e. The van der Waals surface area contributed by atoms with E-state index in [1.54, 1.807) is 0 Å². The van der Waals surface area contributed by atoms with Crippen LogP contribution in [-0.2, 0) is 0 Å². The van der Waals surface area contributed by atoms with Gasteiger partial charge in [-0.3, -0.25) is 0 Å². The highest BCUT2D eigenvalue weighted by Gasteiger charge is 2.08. The highest BCUT2D eigenvalue weighted by Crippen LogP contribution is 1.93. The van der Waals surface area contributed by atoms with Gasteiger partial charge >= 0.3 is 0 Å². The van der Waals surface area contributed by atoms with Gasteiger partial charge < -0.3 is 20.3 Å². The van der Waals surface area contributed by atoms with Crippen molar-refractivity contribution in [2.45, 2.75) is 13.8 Å². The lowest BCUT2D eigenvalue weighted by atomic mass is 10.4. The Morgan fingerprint density at radius 2 is 1.33 bits per heavy atom. The second-order valence-corrected chi connectivity index (χ2v) is 3.62. The van der Waals surface area contributed by atoms with Crippen LogP contribution >= 0.6 is 0 Å². The molecule has 0 aliphatic carbocycles. The highest BCUT2D eigenvalue weighted by molar-refractivity contribution is 4.66. The summed E-state index contributed by atoms with van der Waals surface area (Å²) in [4.78, 5) is 5.03. The lowest BCUT2D eigenvalue weighted by molar-refractivity contribution is 0.232. The van der Waals surface area contributed by atoms with E-state index in [1.807, 2.05) is 0 Å². The number of likely N-dealkylation sites (N-methyl/N-ethyl adjacent to an activating group) is 2. The number of rotatable bonds is 2. The third-order valence-electron chi connectivity index (χ3n) is 2.84. The Kier molecular flexibility index (Phi) is 10.2. The van der Waals surface area contributed by atoms with E-state index in [9.17, 15) is 0 Å². The first-order valence-electron chi connectivity index (χ1n) is 5.78. The minimum absolute atomic E-state index is 1.14. The molecular formula is C10H26N4O. The molecule has 0 atom stereocenters. The fourth-order valence-corrected chi connectivity index (χ4v) is 1.74. The van der Waals surface area contributed by atoms with Crippen molar-refractivity contribution in [1.82, 2.24) is 15.1 Å². The molecule has 1 rings (SSSR count). The summed E-state index contributed by atoms with van der Waals surface area (Å²) < 4.78 is 0. The summed E-state index contributed by atoms with van der Waals surface area (Å²) in [7, 11) is 0. The summed E-state index contributed by atoms with van der Waals surface area (Å²) in [5.41, 5.74) is 0. The van der Waals surface area contributed by atoms with Crippen LogP contribution in [0.1, 0.15) is 13.8 Å². The largest absolute Gasteiger partial charge is 0.320 e. The van der Waals surface area contributed by atoms with Gasteiger partial charge in [-0.2, -0.15) is 0 Å². The van der Waals surface area contributed by atoms with Crippen molar-refractivity contribution in [1.29, 1.82) is 0 Å². The van der Waals surface area contributed by atoms with Crippen molar-refractivity contribution >= 4 is 0 Å². The summed E-state index contributed by atoms with van der Waals surface area (Å²) in [6, 6.07) is 0. The number of hydrogen-bond donors (Lipinski definition) is 3. The van der Waals surface area contributed by atoms with Crippen LogP contribution in [-0.4, -0.2) is 67.4 Å². The smallest absolute Gasteiger partial charge is 0.0110 e. The second kappa shape index (κ2) is 10.3. The predicted octanol–water partition coefficient (Wildman–Crippen LogP) is -0.432. The van der Waals surface area contributed by atoms with Gasteiger partial charge in [0.05, 0.1) is 0 Å². The molecule has 0 bridgehead atoms. The van der Waals surface area contributed by atoms with Gasteiger partial charge in [0.25, 0.3) is 0 Å². The molecule has 1 saturated heterocycles. The molecule has 5 nitrogen and oxygen atoms in total.